The maximum Gasteiger partial charge on any atom is 0.0468 e. The van der Waals surface area contributed by atoms with Crippen molar-refractivity contribution in [1.29, 1.82) is 0 Å². The Morgan fingerprint density at radius 1 is 0.846 bits per heavy atom. The van der Waals surface area contributed by atoms with Crippen molar-refractivity contribution < 1.29 is 4.74 Å². The van der Waals surface area contributed by atoms with Gasteiger partial charge in [-0.2, -0.15) is 0 Å². The monoisotopic (exact) mass is 186 g/mol. The molecule has 0 rings (SSSR count). The minimum atomic E-state index is 0.823. The molecule has 1 heteroatoms. The van der Waals surface area contributed by atoms with E-state index in [-0.39, 0.29) is 0 Å². The third-order valence-corrected chi connectivity index (χ3v) is 2.90. The highest BCUT2D eigenvalue weighted by Crippen LogP contribution is 2.08. The molecule has 0 fully saturated rings. The van der Waals surface area contributed by atoms with E-state index in [1.165, 1.54) is 25.7 Å². The van der Waals surface area contributed by atoms with Crippen LogP contribution in [-0.4, -0.2) is 13.2 Å². The molecule has 2 unspecified atom stereocenters. The first-order valence-electron chi connectivity index (χ1n) is 5.78. The summed E-state index contributed by atoms with van der Waals surface area (Å²) in [4.78, 5) is 0. The summed E-state index contributed by atoms with van der Waals surface area (Å²) in [7, 11) is 0. The fraction of sp³-hybridized carbons (Fsp3) is 1.00. The summed E-state index contributed by atoms with van der Waals surface area (Å²) in [5, 5.41) is 0. The van der Waals surface area contributed by atoms with Crippen molar-refractivity contribution in [3.8, 4) is 0 Å². The SMILES string of the molecule is CCC(C)CCOCCC(C)CC. The number of rotatable bonds is 8. The third-order valence-electron chi connectivity index (χ3n) is 2.90. The molecule has 0 bridgehead atoms. The average Bonchev–Trinajstić information content (AvgIpc) is 2.16. The van der Waals surface area contributed by atoms with E-state index in [4.69, 9.17) is 4.74 Å². The minimum absolute atomic E-state index is 0.823. The Labute approximate surface area is 83.9 Å². The molecule has 0 aliphatic heterocycles. The second kappa shape index (κ2) is 8.55. The van der Waals surface area contributed by atoms with Gasteiger partial charge in [0.1, 0.15) is 0 Å². The van der Waals surface area contributed by atoms with Gasteiger partial charge in [-0.1, -0.05) is 40.5 Å². The van der Waals surface area contributed by atoms with Crippen LogP contribution in [0, 0.1) is 11.8 Å². The van der Waals surface area contributed by atoms with Crippen molar-refractivity contribution in [2.45, 2.75) is 53.4 Å². The minimum Gasteiger partial charge on any atom is -0.381 e. The number of hydrogen-bond acceptors (Lipinski definition) is 1. The first kappa shape index (κ1) is 13.0. The predicted molar refractivity (Wildman–Crippen MR) is 59.0 cm³/mol. The molecular weight excluding hydrogens is 160 g/mol. The summed E-state index contributed by atoms with van der Waals surface area (Å²) < 4.78 is 5.58. The summed E-state index contributed by atoms with van der Waals surface area (Å²) in [6.07, 6.45) is 4.98. The molecule has 13 heavy (non-hydrogen) atoms. The van der Waals surface area contributed by atoms with E-state index in [1.54, 1.807) is 0 Å². The Balaban J connectivity index is 3.08. The molecule has 2 atom stereocenters. The highest BCUT2D eigenvalue weighted by atomic mass is 16.5. The lowest BCUT2D eigenvalue weighted by atomic mass is 10.1. The molecule has 0 amide bonds. The van der Waals surface area contributed by atoms with E-state index in [0.29, 0.717) is 0 Å². The van der Waals surface area contributed by atoms with Gasteiger partial charge in [-0.15, -0.1) is 0 Å². The zero-order chi connectivity index (χ0) is 10.1. The van der Waals surface area contributed by atoms with Crippen LogP contribution in [-0.2, 0) is 4.74 Å². The maximum atomic E-state index is 5.58. The Hall–Kier alpha value is -0.0400. The fourth-order valence-corrected chi connectivity index (χ4v) is 1.08. The van der Waals surface area contributed by atoms with E-state index in [1.807, 2.05) is 0 Å². The van der Waals surface area contributed by atoms with Crippen molar-refractivity contribution in [3.63, 3.8) is 0 Å². The molecule has 0 N–H and O–H groups in total. The van der Waals surface area contributed by atoms with E-state index < -0.39 is 0 Å². The maximum absolute atomic E-state index is 5.58. The van der Waals surface area contributed by atoms with Gasteiger partial charge in [-0.05, 0) is 24.7 Å². The van der Waals surface area contributed by atoms with Crippen LogP contribution in [0.3, 0.4) is 0 Å². The van der Waals surface area contributed by atoms with E-state index in [0.717, 1.165) is 25.0 Å². The topological polar surface area (TPSA) is 9.23 Å². The first-order chi connectivity index (χ1) is 6.20. The number of hydrogen-bond donors (Lipinski definition) is 0. The van der Waals surface area contributed by atoms with Gasteiger partial charge in [0.15, 0.2) is 0 Å². The quantitative estimate of drug-likeness (QED) is 0.523. The first-order valence-corrected chi connectivity index (χ1v) is 5.78. The Kier molecular flexibility index (Phi) is 8.53. The van der Waals surface area contributed by atoms with Crippen LogP contribution in [0.1, 0.15) is 53.4 Å². The molecule has 0 aromatic heterocycles. The van der Waals surface area contributed by atoms with Crippen LogP contribution in [0.25, 0.3) is 0 Å². The van der Waals surface area contributed by atoms with Crippen molar-refractivity contribution in [2.75, 3.05) is 13.2 Å². The van der Waals surface area contributed by atoms with E-state index in [9.17, 15) is 0 Å². The Morgan fingerprint density at radius 2 is 1.23 bits per heavy atom. The molecule has 0 spiro atoms. The van der Waals surface area contributed by atoms with Gasteiger partial charge >= 0.3 is 0 Å². The Bertz CT molecular complexity index is 89.3. The molecule has 0 aliphatic rings. The van der Waals surface area contributed by atoms with Gasteiger partial charge in [0.05, 0.1) is 0 Å². The number of ether oxygens (including phenoxy) is 1. The molecule has 0 aliphatic carbocycles. The normalized spacial score (nSPS) is 15.7. The van der Waals surface area contributed by atoms with Crippen LogP contribution < -0.4 is 0 Å². The highest BCUT2D eigenvalue weighted by Gasteiger charge is 2.00. The molecule has 0 radical (unpaired) electrons. The molecule has 80 valence electrons. The second-order valence-electron chi connectivity index (χ2n) is 4.22. The van der Waals surface area contributed by atoms with Crippen molar-refractivity contribution in [1.82, 2.24) is 0 Å². The van der Waals surface area contributed by atoms with Gasteiger partial charge in [0, 0.05) is 13.2 Å². The van der Waals surface area contributed by atoms with Crippen molar-refractivity contribution >= 4 is 0 Å². The van der Waals surface area contributed by atoms with Crippen molar-refractivity contribution in [3.05, 3.63) is 0 Å². The van der Waals surface area contributed by atoms with Gasteiger partial charge in [-0.3, -0.25) is 0 Å². The molecular formula is C12H26O. The summed E-state index contributed by atoms with van der Waals surface area (Å²) >= 11 is 0. The third kappa shape index (κ3) is 8.29. The summed E-state index contributed by atoms with van der Waals surface area (Å²) in [5.74, 6) is 1.65. The Morgan fingerprint density at radius 3 is 1.54 bits per heavy atom. The van der Waals surface area contributed by atoms with Crippen molar-refractivity contribution in [2.24, 2.45) is 11.8 Å². The van der Waals surface area contributed by atoms with E-state index in [2.05, 4.69) is 27.7 Å². The average molecular weight is 186 g/mol. The standard InChI is InChI=1S/C12H26O/c1-5-11(3)7-9-13-10-8-12(4)6-2/h11-12H,5-10H2,1-4H3. The zero-order valence-corrected chi connectivity index (χ0v) is 9.81. The van der Waals surface area contributed by atoms with Gasteiger partial charge in [0.2, 0.25) is 0 Å². The molecule has 0 aromatic carbocycles. The largest absolute Gasteiger partial charge is 0.381 e. The lowest BCUT2D eigenvalue weighted by Gasteiger charge is -2.10. The van der Waals surface area contributed by atoms with Crippen LogP contribution in [0.15, 0.2) is 0 Å². The lowest BCUT2D eigenvalue weighted by molar-refractivity contribution is 0.110. The van der Waals surface area contributed by atoms with Crippen LogP contribution in [0.2, 0.25) is 0 Å². The predicted octanol–water partition coefficient (Wildman–Crippen LogP) is 3.88. The molecule has 1 nitrogen and oxygen atoms in total. The molecule has 0 saturated heterocycles. The summed E-state index contributed by atoms with van der Waals surface area (Å²) in [6.45, 7) is 11.0. The van der Waals surface area contributed by atoms with Crippen LogP contribution in [0.4, 0.5) is 0 Å². The molecule has 0 aromatic rings. The summed E-state index contributed by atoms with van der Waals surface area (Å²) in [5.41, 5.74) is 0. The second-order valence-corrected chi connectivity index (χ2v) is 4.22. The zero-order valence-electron chi connectivity index (χ0n) is 9.81. The highest BCUT2D eigenvalue weighted by molar-refractivity contribution is 4.50. The van der Waals surface area contributed by atoms with Gasteiger partial charge in [-0.25, -0.2) is 0 Å². The fourth-order valence-electron chi connectivity index (χ4n) is 1.08. The smallest absolute Gasteiger partial charge is 0.0468 e. The molecule has 0 saturated carbocycles. The summed E-state index contributed by atoms with van der Waals surface area (Å²) in [6, 6.07) is 0. The van der Waals surface area contributed by atoms with Gasteiger partial charge in [0.25, 0.3) is 0 Å². The van der Waals surface area contributed by atoms with E-state index >= 15 is 0 Å². The van der Waals surface area contributed by atoms with Crippen LogP contribution >= 0.6 is 0 Å². The van der Waals surface area contributed by atoms with Gasteiger partial charge < -0.3 is 4.74 Å². The lowest BCUT2D eigenvalue weighted by Crippen LogP contribution is -2.05. The van der Waals surface area contributed by atoms with Crippen LogP contribution in [0.5, 0.6) is 0 Å². The molecule has 0 heterocycles.